The monoisotopic (exact) mass is 284 g/mol. The summed E-state index contributed by atoms with van der Waals surface area (Å²) in [7, 11) is 0. The van der Waals surface area contributed by atoms with Gasteiger partial charge in [0.2, 0.25) is 0 Å². The van der Waals surface area contributed by atoms with Crippen molar-refractivity contribution < 1.29 is 9.47 Å². The first-order valence-electron chi connectivity index (χ1n) is 7.17. The summed E-state index contributed by atoms with van der Waals surface area (Å²) >= 11 is 0. The van der Waals surface area contributed by atoms with Crippen LogP contribution in [-0.4, -0.2) is 17.1 Å². The molecule has 1 aromatic heterocycles. The van der Waals surface area contributed by atoms with Crippen molar-refractivity contribution in [3.63, 3.8) is 0 Å². The third-order valence-corrected chi connectivity index (χ3v) is 3.56. The van der Waals surface area contributed by atoms with Gasteiger partial charge in [0.15, 0.2) is 17.6 Å². The fraction of sp³-hybridized carbons (Fsp3) is 0.353. The summed E-state index contributed by atoms with van der Waals surface area (Å²) in [5.74, 6) is 1.57. The summed E-state index contributed by atoms with van der Waals surface area (Å²) in [6, 6.07) is 11.7. The van der Waals surface area contributed by atoms with E-state index in [1.807, 2.05) is 30.3 Å². The van der Waals surface area contributed by atoms with Crippen molar-refractivity contribution >= 4 is 0 Å². The quantitative estimate of drug-likeness (QED) is 0.938. The van der Waals surface area contributed by atoms with Crippen LogP contribution >= 0.6 is 0 Å². The van der Waals surface area contributed by atoms with Crippen LogP contribution < -0.4 is 15.2 Å². The lowest BCUT2D eigenvalue weighted by Crippen LogP contribution is -2.25. The molecule has 0 amide bonds. The highest BCUT2D eigenvalue weighted by molar-refractivity contribution is 5.50. The molecule has 2 aromatic rings. The van der Waals surface area contributed by atoms with Gasteiger partial charge in [-0.05, 0) is 32.0 Å². The third kappa shape index (κ3) is 2.85. The van der Waals surface area contributed by atoms with E-state index in [-0.39, 0.29) is 11.7 Å². The Morgan fingerprint density at radius 1 is 1.29 bits per heavy atom. The number of hydrogen-bond acceptors (Lipinski definition) is 4. The molecule has 0 bridgehead atoms. The minimum atomic E-state index is -0.273. The Hall–Kier alpha value is -2.07. The van der Waals surface area contributed by atoms with Gasteiger partial charge in [-0.3, -0.25) is 4.98 Å². The van der Waals surface area contributed by atoms with E-state index in [9.17, 15) is 0 Å². The minimum absolute atomic E-state index is 0.189. The van der Waals surface area contributed by atoms with E-state index in [1.54, 1.807) is 6.20 Å². The van der Waals surface area contributed by atoms with E-state index in [1.165, 1.54) is 5.56 Å². The van der Waals surface area contributed by atoms with Crippen LogP contribution in [-0.2, 0) is 6.42 Å². The second kappa shape index (κ2) is 5.37. The average molecular weight is 284 g/mol. The molecular formula is C17H20N2O2. The number of ether oxygens (including phenoxy) is 2. The van der Waals surface area contributed by atoms with Gasteiger partial charge in [-0.15, -0.1) is 0 Å². The van der Waals surface area contributed by atoms with E-state index >= 15 is 0 Å². The minimum Gasteiger partial charge on any atom is -0.483 e. The van der Waals surface area contributed by atoms with Gasteiger partial charge >= 0.3 is 0 Å². The van der Waals surface area contributed by atoms with Gasteiger partial charge in [0.25, 0.3) is 0 Å². The first kappa shape index (κ1) is 13.9. The van der Waals surface area contributed by atoms with E-state index in [4.69, 9.17) is 15.2 Å². The average Bonchev–Trinajstić information content (AvgIpc) is 2.80. The number of benzene rings is 1. The van der Waals surface area contributed by atoms with Gasteiger partial charge < -0.3 is 15.2 Å². The molecule has 4 nitrogen and oxygen atoms in total. The van der Waals surface area contributed by atoms with Crippen LogP contribution in [0.25, 0.3) is 0 Å². The lowest BCUT2D eigenvalue weighted by molar-refractivity contribution is 0.125. The van der Waals surface area contributed by atoms with Gasteiger partial charge in [0.1, 0.15) is 5.60 Å². The number of para-hydroxylation sites is 1. The molecule has 1 aliphatic rings. The number of hydrogen-bond donors (Lipinski definition) is 1. The van der Waals surface area contributed by atoms with E-state index in [0.29, 0.717) is 6.54 Å². The maximum Gasteiger partial charge on any atom is 0.165 e. The van der Waals surface area contributed by atoms with Crippen molar-refractivity contribution in [2.24, 2.45) is 5.73 Å². The fourth-order valence-electron chi connectivity index (χ4n) is 2.63. The molecule has 1 unspecified atom stereocenters. The molecule has 1 aromatic carbocycles. The fourth-order valence-corrected chi connectivity index (χ4v) is 2.63. The maximum atomic E-state index is 6.07. The van der Waals surface area contributed by atoms with Crippen LogP contribution in [0, 0.1) is 0 Å². The van der Waals surface area contributed by atoms with E-state index < -0.39 is 0 Å². The molecular weight excluding hydrogens is 264 g/mol. The Morgan fingerprint density at radius 2 is 2.14 bits per heavy atom. The first-order chi connectivity index (χ1) is 10.1. The standard InChI is InChI=1S/C17H20N2O2/c1-17(2)10-12-6-5-8-14(16(12)21-17)20-15(11-18)13-7-3-4-9-19-13/h3-9,15H,10-11,18H2,1-2H3. The number of fused-ring (bicyclic) bond motifs is 1. The van der Waals surface area contributed by atoms with Crippen molar-refractivity contribution in [2.75, 3.05) is 6.54 Å². The van der Waals surface area contributed by atoms with Crippen LogP contribution in [0.2, 0.25) is 0 Å². The Kier molecular flexibility index (Phi) is 3.55. The van der Waals surface area contributed by atoms with Gasteiger partial charge in [-0.1, -0.05) is 18.2 Å². The summed E-state index contributed by atoms with van der Waals surface area (Å²) in [5, 5.41) is 0. The van der Waals surface area contributed by atoms with Crippen LogP contribution in [0.15, 0.2) is 42.6 Å². The van der Waals surface area contributed by atoms with Crippen molar-refractivity contribution in [3.8, 4) is 11.5 Å². The number of nitrogens with zero attached hydrogens (tertiary/aromatic N) is 1. The lowest BCUT2D eigenvalue weighted by atomic mass is 10.0. The number of pyridine rings is 1. The van der Waals surface area contributed by atoms with Gasteiger partial charge in [-0.2, -0.15) is 0 Å². The lowest BCUT2D eigenvalue weighted by Gasteiger charge is -2.21. The van der Waals surface area contributed by atoms with Gasteiger partial charge in [-0.25, -0.2) is 0 Å². The number of aromatic nitrogens is 1. The highest BCUT2D eigenvalue weighted by Crippen LogP contribution is 2.42. The third-order valence-electron chi connectivity index (χ3n) is 3.56. The summed E-state index contributed by atoms with van der Waals surface area (Å²) in [6.45, 7) is 4.52. The Labute approximate surface area is 124 Å². The molecule has 2 N–H and O–H groups in total. The first-order valence-corrected chi connectivity index (χ1v) is 7.17. The summed E-state index contributed by atoms with van der Waals surface area (Å²) in [5.41, 5.74) is 7.66. The van der Waals surface area contributed by atoms with Crippen LogP contribution in [0.3, 0.4) is 0 Å². The highest BCUT2D eigenvalue weighted by atomic mass is 16.5. The van der Waals surface area contributed by atoms with Crippen molar-refractivity contribution in [2.45, 2.75) is 32.0 Å². The van der Waals surface area contributed by atoms with Crippen molar-refractivity contribution in [1.29, 1.82) is 0 Å². The SMILES string of the molecule is CC1(C)Cc2cccc(OC(CN)c3ccccn3)c2O1. The molecule has 110 valence electrons. The molecule has 0 saturated heterocycles. The van der Waals surface area contributed by atoms with Crippen LogP contribution in [0.1, 0.15) is 31.2 Å². The molecule has 21 heavy (non-hydrogen) atoms. The van der Waals surface area contributed by atoms with Gasteiger partial charge in [0, 0.05) is 24.7 Å². The summed E-state index contributed by atoms with van der Waals surface area (Å²) in [6.07, 6.45) is 2.36. The summed E-state index contributed by atoms with van der Waals surface area (Å²) < 4.78 is 12.1. The van der Waals surface area contributed by atoms with Gasteiger partial charge in [0.05, 0.1) is 5.69 Å². The predicted molar refractivity (Wildman–Crippen MR) is 81.5 cm³/mol. The number of rotatable bonds is 4. The smallest absolute Gasteiger partial charge is 0.165 e. The number of nitrogens with two attached hydrogens (primary N) is 1. The largest absolute Gasteiger partial charge is 0.483 e. The zero-order valence-corrected chi connectivity index (χ0v) is 12.4. The molecule has 1 aliphatic heterocycles. The molecule has 0 aliphatic carbocycles. The van der Waals surface area contributed by atoms with Crippen molar-refractivity contribution in [3.05, 3.63) is 53.9 Å². The molecule has 0 fully saturated rings. The van der Waals surface area contributed by atoms with Crippen LogP contribution in [0.5, 0.6) is 11.5 Å². The second-order valence-electron chi connectivity index (χ2n) is 5.88. The second-order valence-corrected chi connectivity index (χ2v) is 5.88. The zero-order valence-electron chi connectivity index (χ0n) is 12.4. The molecule has 0 saturated carbocycles. The molecule has 4 heteroatoms. The van der Waals surface area contributed by atoms with E-state index in [2.05, 4.69) is 24.9 Å². The van der Waals surface area contributed by atoms with E-state index in [0.717, 1.165) is 23.6 Å². The predicted octanol–water partition coefficient (Wildman–Crippen LogP) is 2.87. The molecule has 3 rings (SSSR count). The molecule has 0 spiro atoms. The molecule has 2 heterocycles. The Bertz CT molecular complexity index is 626. The Balaban J connectivity index is 1.88. The molecule has 1 atom stereocenters. The Morgan fingerprint density at radius 3 is 2.86 bits per heavy atom. The van der Waals surface area contributed by atoms with Crippen molar-refractivity contribution in [1.82, 2.24) is 4.98 Å². The van der Waals surface area contributed by atoms with Crippen LogP contribution in [0.4, 0.5) is 0 Å². The summed E-state index contributed by atoms with van der Waals surface area (Å²) in [4.78, 5) is 4.32. The molecule has 0 radical (unpaired) electrons. The zero-order chi connectivity index (χ0) is 14.9. The maximum absolute atomic E-state index is 6.07. The highest BCUT2D eigenvalue weighted by Gasteiger charge is 2.32. The normalized spacial score (nSPS) is 16.9. The topological polar surface area (TPSA) is 57.4 Å².